The van der Waals surface area contributed by atoms with E-state index in [2.05, 4.69) is 24.7 Å². The summed E-state index contributed by atoms with van der Waals surface area (Å²) in [6, 6.07) is 10.8. The third-order valence-corrected chi connectivity index (χ3v) is 3.82. The second kappa shape index (κ2) is 9.47. The fourth-order valence-electron chi connectivity index (χ4n) is 2.25. The van der Waals surface area contributed by atoms with Crippen LogP contribution in [0, 0.1) is 5.92 Å². The number of phenolic OH excluding ortho intramolecular Hbond substituents is 1. The van der Waals surface area contributed by atoms with Crippen molar-refractivity contribution in [2.45, 2.75) is 20.3 Å². The smallest absolute Gasteiger partial charge is 0.273 e. The number of ether oxygens (including phenoxy) is 2. The standard InChI is InChI=1S/C20H24N2O5/c1-13(2)10-11-27-17-9-8-14(12-18(17)26-3)19(24)21-22-20(25)15-6-4-5-7-16(15)23/h4-9,12-13,23H,10-11H2,1-3H3,(H,21,24)(H,22,25). The van der Waals surface area contributed by atoms with Gasteiger partial charge in [0, 0.05) is 5.56 Å². The first-order chi connectivity index (χ1) is 12.9. The van der Waals surface area contributed by atoms with Crippen LogP contribution in [0.1, 0.15) is 41.0 Å². The second-order valence-corrected chi connectivity index (χ2v) is 6.32. The van der Waals surface area contributed by atoms with E-state index in [-0.39, 0.29) is 11.3 Å². The molecular weight excluding hydrogens is 348 g/mol. The van der Waals surface area contributed by atoms with Gasteiger partial charge < -0.3 is 14.6 Å². The van der Waals surface area contributed by atoms with Crippen LogP contribution in [0.25, 0.3) is 0 Å². The van der Waals surface area contributed by atoms with Crippen LogP contribution in [0.5, 0.6) is 17.2 Å². The summed E-state index contributed by atoms with van der Waals surface area (Å²) in [6.07, 6.45) is 0.907. The molecule has 2 aromatic rings. The van der Waals surface area contributed by atoms with E-state index in [1.54, 1.807) is 24.3 Å². The summed E-state index contributed by atoms with van der Waals surface area (Å²) in [7, 11) is 1.49. The second-order valence-electron chi connectivity index (χ2n) is 6.32. The summed E-state index contributed by atoms with van der Waals surface area (Å²) in [5.41, 5.74) is 4.93. The highest BCUT2D eigenvalue weighted by molar-refractivity contribution is 6.00. The van der Waals surface area contributed by atoms with Crippen molar-refractivity contribution in [3.8, 4) is 17.2 Å². The molecule has 3 N–H and O–H groups in total. The molecule has 0 saturated carbocycles. The van der Waals surface area contributed by atoms with Gasteiger partial charge in [0.1, 0.15) is 5.75 Å². The molecule has 0 aromatic heterocycles. The molecule has 7 nitrogen and oxygen atoms in total. The predicted octanol–water partition coefficient (Wildman–Crippen LogP) is 2.90. The molecule has 2 aromatic carbocycles. The average Bonchev–Trinajstić information content (AvgIpc) is 2.66. The highest BCUT2D eigenvalue weighted by atomic mass is 16.5. The maximum absolute atomic E-state index is 12.3. The topological polar surface area (TPSA) is 96.9 Å². The van der Waals surface area contributed by atoms with Gasteiger partial charge in [0.25, 0.3) is 11.8 Å². The van der Waals surface area contributed by atoms with Crippen molar-refractivity contribution in [2.75, 3.05) is 13.7 Å². The first-order valence-corrected chi connectivity index (χ1v) is 8.62. The number of methoxy groups -OCH3 is 1. The van der Waals surface area contributed by atoms with Gasteiger partial charge in [-0.25, -0.2) is 0 Å². The predicted molar refractivity (Wildman–Crippen MR) is 101 cm³/mol. The lowest BCUT2D eigenvalue weighted by molar-refractivity contribution is 0.0845. The zero-order chi connectivity index (χ0) is 19.8. The Morgan fingerprint density at radius 1 is 1.04 bits per heavy atom. The van der Waals surface area contributed by atoms with Crippen LogP contribution in [0.3, 0.4) is 0 Å². The maximum atomic E-state index is 12.3. The molecule has 0 spiro atoms. The van der Waals surface area contributed by atoms with Crippen LogP contribution < -0.4 is 20.3 Å². The summed E-state index contributed by atoms with van der Waals surface area (Å²) in [5, 5.41) is 9.66. The van der Waals surface area contributed by atoms with Gasteiger partial charge >= 0.3 is 0 Å². The molecule has 0 aliphatic carbocycles. The molecule has 0 unspecified atom stereocenters. The Morgan fingerprint density at radius 3 is 2.41 bits per heavy atom. The summed E-state index contributed by atoms with van der Waals surface area (Å²) < 4.78 is 11.0. The first-order valence-electron chi connectivity index (χ1n) is 8.62. The van der Waals surface area contributed by atoms with E-state index in [1.165, 1.54) is 25.3 Å². The molecule has 0 aliphatic heterocycles. The van der Waals surface area contributed by atoms with Gasteiger partial charge in [-0.1, -0.05) is 26.0 Å². The Labute approximate surface area is 158 Å². The molecule has 0 fully saturated rings. The molecule has 0 bridgehead atoms. The summed E-state index contributed by atoms with van der Waals surface area (Å²) in [6.45, 7) is 4.77. The van der Waals surface area contributed by atoms with Crippen LogP contribution in [0.4, 0.5) is 0 Å². The lowest BCUT2D eigenvalue weighted by Crippen LogP contribution is -2.41. The number of benzene rings is 2. The van der Waals surface area contributed by atoms with Gasteiger partial charge in [-0.05, 0) is 42.7 Å². The minimum atomic E-state index is -0.623. The molecule has 7 heteroatoms. The summed E-state index contributed by atoms with van der Waals surface area (Å²) in [5.74, 6) is 0.182. The van der Waals surface area contributed by atoms with E-state index in [1.807, 2.05) is 0 Å². The SMILES string of the molecule is COc1cc(C(=O)NNC(=O)c2ccccc2O)ccc1OCCC(C)C. The lowest BCUT2D eigenvalue weighted by Gasteiger charge is -2.13. The largest absolute Gasteiger partial charge is 0.507 e. The van der Waals surface area contributed by atoms with Crippen LogP contribution in [0.2, 0.25) is 0 Å². The van der Waals surface area contributed by atoms with E-state index in [0.29, 0.717) is 29.6 Å². The van der Waals surface area contributed by atoms with E-state index in [0.717, 1.165) is 6.42 Å². The van der Waals surface area contributed by atoms with Crippen LogP contribution in [0.15, 0.2) is 42.5 Å². The van der Waals surface area contributed by atoms with Crippen LogP contribution in [-0.4, -0.2) is 30.6 Å². The molecule has 144 valence electrons. The Hall–Kier alpha value is -3.22. The number of hydrogen-bond donors (Lipinski definition) is 3. The van der Waals surface area contributed by atoms with Crippen molar-refractivity contribution < 1.29 is 24.2 Å². The lowest BCUT2D eigenvalue weighted by atomic mass is 10.1. The number of nitrogens with one attached hydrogen (secondary N) is 2. The van der Waals surface area contributed by atoms with E-state index in [4.69, 9.17) is 9.47 Å². The average molecular weight is 372 g/mol. The number of amides is 2. The highest BCUT2D eigenvalue weighted by Crippen LogP contribution is 2.28. The third-order valence-electron chi connectivity index (χ3n) is 3.82. The fourth-order valence-corrected chi connectivity index (χ4v) is 2.25. The third kappa shape index (κ3) is 5.64. The molecule has 2 rings (SSSR count). The summed E-state index contributed by atoms with van der Waals surface area (Å²) in [4.78, 5) is 24.3. The van der Waals surface area contributed by atoms with Crippen LogP contribution in [-0.2, 0) is 0 Å². The van der Waals surface area contributed by atoms with Gasteiger partial charge in [0.15, 0.2) is 11.5 Å². The van der Waals surface area contributed by atoms with Crippen molar-refractivity contribution in [3.63, 3.8) is 0 Å². The monoisotopic (exact) mass is 372 g/mol. The Bertz CT molecular complexity index is 805. The van der Waals surface area contributed by atoms with E-state index < -0.39 is 11.8 Å². The molecule has 0 aliphatic rings. The zero-order valence-electron chi connectivity index (χ0n) is 15.6. The number of hydrazine groups is 1. The minimum absolute atomic E-state index is 0.0595. The Morgan fingerprint density at radius 2 is 1.74 bits per heavy atom. The van der Waals surface area contributed by atoms with Crippen LogP contribution >= 0.6 is 0 Å². The molecule has 0 radical (unpaired) electrons. The summed E-state index contributed by atoms with van der Waals surface area (Å²) >= 11 is 0. The van der Waals surface area contributed by atoms with Crippen molar-refractivity contribution in [1.29, 1.82) is 0 Å². The number of aromatic hydroxyl groups is 1. The van der Waals surface area contributed by atoms with Crippen molar-refractivity contribution in [2.24, 2.45) is 5.92 Å². The molecule has 27 heavy (non-hydrogen) atoms. The molecule has 0 heterocycles. The van der Waals surface area contributed by atoms with Gasteiger partial charge in [0.2, 0.25) is 0 Å². The van der Waals surface area contributed by atoms with Gasteiger partial charge in [0.05, 0.1) is 19.3 Å². The van der Waals surface area contributed by atoms with E-state index >= 15 is 0 Å². The van der Waals surface area contributed by atoms with Gasteiger partial charge in [-0.2, -0.15) is 0 Å². The Balaban J connectivity index is 1.99. The van der Waals surface area contributed by atoms with Gasteiger partial charge in [-0.3, -0.25) is 20.4 Å². The number of phenols is 1. The number of carbonyl (C=O) groups is 2. The number of carbonyl (C=O) groups excluding carboxylic acids is 2. The molecular formula is C20H24N2O5. The Kier molecular flexibility index (Phi) is 7.05. The fraction of sp³-hybridized carbons (Fsp3) is 0.300. The normalized spacial score (nSPS) is 10.4. The highest BCUT2D eigenvalue weighted by Gasteiger charge is 2.14. The first kappa shape index (κ1) is 20.1. The van der Waals surface area contributed by atoms with Crippen molar-refractivity contribution in [3.05, 3.63) is 53.6 Å². The molecule has 0 atom stereocenters. The molecule has 2 amide bonds. The minimum Gasteiger partial charge on any atom is -0.507 e. The van der Waals surface area contributed by atoms with Crippen molar-refractivity contribution in [1.82, 2.24) is 10.9 Å². The van der Waals surface area contributed by atoms with Crippen molar-refractivity contribution >= 4 is 11.8 Å². The number of hydrogen-bond acceptors (Lipinski definition) is 5. The van der Waals surface area contributed by atoms with E-state index in [9.17, 15) is 14.7 Å². The number of rotatable bonds is 7. The maximum Gasteiger partial charge on any atom is 0.273 e. The zero-order valence-corrected chi connectivity index (χ0v) is 15.6. The number of para-hydroxylation sites is 1. The molecule has 0 saturated heterocycles. The van der Waals surface area contributed by atoms with Gasteiger partial charge in [-0.15, -0.1) is 0 Å². The quantitative estimate of drug-likeness (QED) is 0.650.